The summed E-state index contributed by atoms with van der Waals surface area (Å²) in [4.78, 5) is 13.0. The van der Waals surface area contributed by atoms with Gasteiger partial charge in [0.05, 0.1) is 12.7 Å². The van der Waals surface area contributed by atoms with Crippen LogP contribution < -0.4 is 15.4 Å². The molecule has 0 saturated heterocycles. The maximum absolute atomic E-state index is 13.0. The van der Waals surface area contributed by atoms with Gasteiger partial charge in [0.2, 0.25) is 5.91 Å². The summed E-state index contributed by atoms with van der Waals surface area (Å²) in [6, 6.07) is 7.83. The van der Waals surface area contributed by atoms with E-state index in [0.717, 1.165) is 43.5 Å². The molecule has 1 aromatic rings. The molecule has 0 heterocycles. The van der Waals surface area contributed by atoms with Gasteiger partial charge in [-0.15, -0.1) is 0 Å². The SMILES string of the molecule is COc1cccc(NC(C)(C)C(=O)N[C@H]2[C@@H]3CC4C[C@H]2C[C@](O)(C4)C3)c1. The molecule has 4 aliphatic rings. The highest BCUT2D eigenvalue weighted by Crippen LogP contribution is 2.55. The lowest BCUT2D eigenvalue weighted by atomic mass is 9.52. The third-order valence-corrected chi connectivity index (χ3v) is 6.63. The van der Waals surface area contributed by atoms with Crippen molar-refractivity contribution in [1.82, 2.24) is 5.32 Å². The third kappa shape index (κ3) is 3.18. The largest absolute Gasteiger partial charge is 0.497 e. The topological polar surface area (TPSA) is 70.6 Å². The van der Waals surface area contributed by atoms with Gasteiger partial charge in [-0.3, -0.25) is 4.79 Å². The molecule has 3 N–H and O–H groups in total. The highest BCUT2D eigenvalue weighted by molar-refractivity contribution is 5.88. The molecule has 142 valence electrons. The Hall–Kier alpha value is -1.75. The van der Waals surface area contributed by atoms with E-state index in [4.69, 9.17) is 4.74 Å². The molecule has 4 saturated carbocycles. The second-order valence-electron chi connectivity index (χ2n) is 9.18. The zero-order valence-corrected chi connectivity index (χ0v) is 15.9. The average Bonchev–Trinajstić information content (AvgIpc) is 2.56. The first-order valence-electron chi connectivity index (χ1n) is 9.74. The van der Waals surface area contributed by atoms with Crippen LogP contribution in [0, 0.1) is 17.8 Å². The van der Waals surface area contributed by atoms with Gasteiger partial charge in [-0.25, -0.2) is 0 Å². The number of amides is 1. The second kappa shape index (κ2) is 6.15. The van der Waals surface area contributed by atoms with Gasteiger partial charge in [-0.05, 0) is 75.8 Å². The summed E-state index contributed by atoms with van der Waals surface area (Å²) >= 11 is 0. The smallest absolute Gasteiger partial charge is 0.245 e. The van der Waals surface area contributed by atoms with Crippen LogP contribution in [-0.2, 0) is 4.79 Å². The first-order chi connectivity index (χ1) is 12.3. The Morgan fingerprint density at radius 2 is 1.92 bits per heavy atom. The zero-order valence-electron chi connectivity index (χ0n) is 15.9. The molecule has 0 radical (unpaired) electrons. The number of hydrogen-bond donors (Lipinski definition) is 3. The van der Waals surface area contributed by atoms with Crippen molar-refractivity contribution >= 4 is 11.6 Å². The van der Waals surface area contributed by atoms with E-state index in [1.807, 2.05) is 38.1 Å². The zero-order chi connectivity index (χ0) is 18.5. The Labute approximate surface area is 155 Å². The van der Waals surface area contributed by atoms with Crippen molar-refractivity contribution in [3.8, 4) is 5.75 Å². The molecule has 5 heteroatoms. The maximum Gasteiger partial charge on any atom is 0.245 e. The monoisotopic (exact) mass is 358 g/mol. The number of benzene rings is 1. The lowest BCUT2D eigenvalue weighted by Gasteiger charge is -2.58. The van der Waals surface area contributed by atoms with Crippen LogP contribution in [0.1, 0.15) is 46.0 Å². The fourth-order valence-electron chi connectivity index (χ4n) is 5.67. The summed E-state index contributed by atoms with van der Waals surface area (Å²) < 4.78 is 5.26. The lowest BCUT2D eigenvalue weighted by Crippen LogP contribution is -2.63. The number of carbonyl (C=O) groups excluding carboxylic acids is 1. The van der Waals surface area contributed by atoms with Crippen LogP contribution in [0.3, 0.4) is 0 Å². The molecule has 1 aromatic carbocycles. The summed E-state index contributed by atoms with van der Waals surface area (Å²) in [7, 11) is 1.64. The van der Waals surface area contributed by atoms with Crippen molar-refractivity contribution in [3.05, 3.63) is 24.3 Å². The van der Waals surface area contributed by atoms with Crippen molar-refractivity contribution in [3.63, 3.8) is 0 Å². The standard InChI is InChI=1S/C21H30N2O3/c1-20(2,23-16-5-4-6-17(9-16)26-3)19(24)22-18-14-7-13-8-15(18)12-21(25,10-13)11-14/h4-6,9,13-15,18,23,25H,7-8,10-12H2,1-3H3,(H,22,24)/t13?,14-,15+,18+,21+. The molecule has 0 aliphatic heterocycles. The molecule has 4 bridgehead atoms. The van der Waals surface area contributed by atoms with Crippen LogP contribution in [0.25, 0.3) is 0 Å². The van der Waals surface area contributed by atoms with Crippen LogP contribution in [0.2, 0.25) is 0 Å². The minimum Gasteiger partial charge on any atom is -0.497 e. The third-order valence-electron chi connectivity index (χ3n) is 6.63. The number of methoxy groups -OCH3 is 1. The number of aliphatic hydroxyl groups is 1. The predicted molar refractivity (Wildman–Crippen MR) is 101 cm³/mol. The van der Waals surface area contributed by atoms with E-state index in [1.165, 1.54) is 0 Å². The van der Waals surface area contributed by atoms with E-state index in [2.05, 4.69) is 10.6 Å². The summed E-state index contributed by atoms with van der Waals surface area (Å²) in [5.41, 5.74) is -0.326. The minimum absolute atomic E-state index is 0.0183. The summed E-state index contributed by atoms with van der Waals surface area (Å²) in [6.45, 7) is 3.82. The quantitative estimate of drug-likeness (QED) is 0.757. The fraction of sp³-hybridized carbons (Fsp3) is 0.667. The molecule has 4 aliphatic carbocycles. The molecular weight excluding hydrogens is 328 g/mol. The van der Waals surface area contributed by atoms with E-state index in [0.29, 0.717) is 17.8 Å². The van der Waals surface area contributed by atoms with Crippen LogP contribution in [0.5, 0.6) is 5.75 Å². The van der Waals surface area contributed by atoms with Crippen molar-refractivity contribution in [2.24, 2.45) is 17.8 Å². The first-order valence-corrected chi connectivity index (χ1v) is 9.74. The van der Waals surface area contributed by atoms with Gasteiger partial charge in [-0.1, -0.05) is 6.07 Å². The molecule has 5 nitrogen and oxygen atoms in total. The Kier molecular flexibility index (Phi) is 4.18. The molecule has 26 heavy (non-hydrogen) atoms. The van der Waals surface area contributed by atoms with Crippen LogP contribution >= 0.6 is 0 Å². The predicted octanol–water partition coefficient (Wildman–Crippen LogP) is 2.94. The van der Waals surface area contributed by atoms with Gasteiger partial charge in [0.1, 0.15) is 11.3 Å². The second-order valence-corrected chi connectivity index (χ2v) is 9.18. The number of anilines is 1. The van der Waals surface area contributed by atoms with Gasteiger partial charge < -0.3 is 20.5 Å². The molecule has 5 atom stereocenters. The number of ether oxygens (including phenoxy) is 1. The van der Waals surface area contributed by atoms with Crippen molar-refractivity contribution < 1.29 is 14.6 Å². The number of carbonyl (C=O) groups is 1. The Morgan fingerprint density at radius 3 is 2.54 bits per heavy atom. The Morgan fingerprint density at radius 1 is 1.23 bits per heavy atom. The Bertz CT molecular complexity index is 686. The number of nitrogens with one attached hydrogen (secondary N) is 2. The molecular formula is C21H30N2O3. The molecule has 5 rings (SSSR count). The van der Waals surface area contributed by atoms with E-state index in [9.17, 15) is 9.90 Å². The highest BCUT2D eigenvalue weighted by Gasteiger charge is 2.55. The fourth-order valence-corrected chi connectivity index (χ4v) is 5.67. The summed E-state index contributed by atoms with van der Waals surface area (Å²) in [6.07, 6.45) is 4.94. The highest BCUT2D eigenvalue weighted by atomic mass is 16.5. The number of rotatable bonds is 5. The van der Waals surface area contributed by atoms with E-state index < -0.39 is 11.1 Å². The Balaban J connectivity index is 1.44. The molecule has 1 unspecified atom stereocenters. The van der Waals surface area contributed by atoms with Gasteiger partial charge in [-0.2, -0.15) is 0 Å². The molecule has 0 spiro atoms. The summed E-state index contributed by atoms with van der Waals surface area (Å²) in [5.74, 6) is 2.27. The van der Waals surface area contributed by atoms with Gasteiger partial charge in [0.25, 0.3) is 0 Å². The van der Waals surface area contributed by atoms with Crippen molar-refractivity contribution in [2.45, 2.75) is 63.1 Å². The van der Waals surface area contributed by atoms with E-state index in [1.54, 1.807) is 7.11 Å². The maximum atomic E-state index is 13.0. The van der Waals surface area contributed by atoms with Crippen LogP contribution in [0.4, 0.5) is 5.69 Å². The lowest BCUT2D eigenvalue weighted by molar-refractivity contribution is -0.148. The van der Waals surface area contributed by atoms with Crippen molar-refractivity contribution in [2.75, 3.05) is 12.4 Å². The summed E-state index contributed by atoms with van der Waals surface area (Å²) in [5, 5.41) is 17.4. The number of hydrogen-bond acceptors (Lipinski definition) is 4. The van der Waals surface area contributed by atoms with Crippen LogP contribution in [-0.4, -0.2) is 35.3 Å². The van der Waals surface area contributed by atoms with Crippen molar-refractivity contribution in [1.29, 1.82) is 0 Å². The molecule has 4 fully saturated rings. The van der Waals surface area contributed by atoms with Gasteiger partial charge >= 0.3 is 0 Å². The normalized spacial score (nSPS) is 35.2. The first kappa shape index (κ1) is 17.7. The van der Waals surface area contributed by atoms with E-state index in [-0.39, 0.29) is 11.9 Å². The molecule has 0 aromatic heterocycles. The van der Waals surface area contributed by atoms with Crippen LogP contribution in [0.15, 0.2) is 24.3 Å². The average molecular weight is 358 g/mol. The van der Waals surface area contributed by atoms with Gasteiger partial charge in [0, 0.05) is 17.8 Å². The van der Waals surface area contributed by atoms with Gasteiger partial charge in [0.15, 0.2) is 0 Å². The minimum atomic E-state index is -0.724. The molecule has 1 amide bonds. The van der Waals surface area contributed by atoms with E-state index >= 15 is 0 Å².